The number of anilines is 1. The highest BCUT2D eigenvalue weighted by atomic mass is 19.4. The molecule has 1 aliphatic heterocycles. The van der Waals surface area contributed by atoms with Crippen molar-refractivity contribution in [2.75, 3.05) is 18.4 Å². The van der Waals surface area contributed by atoms with Crippen LogP contribution in [0.1, 0.15) is 25.3 Å². The van der Waals surface area contributed by atoms with Gasteiger partial charge in [-0.1, -0.05) is 6.92 Å². The first kappa shape index (κ1) is 17.0. The monoisotopic (exact) mass is 331 g/mol. The third kappa shape index (κ3) is 3.91. The number of nitrogens with zero attached hydrogens (tertiary/aromatic N) is 2. The van der Waals surface area contributed by atoms with E-state index >= 15 is 0 Å². The summed E-state index contributed by atoms with van der Waals surface area (Å²) in [6, 6.07) is 2.66. The number of nitro benzene ring substituents is 1. The summed E-state index contributed by atoms with van der Waals surface area (Å²) in [7, 11) is 0. The van der Waals surface area contributed by atoms with Gasteiger partial charge in [0, 0.05) is 37.3 Å². The lowest BCUT2D eigenvalue weighted by atomic mass is 10.1. The average molecular weight is 331 g/mol. The van der Waals surface area contributed by atoms with Crippen LogP contribution in [0, 0.1) is 10.1 Å². The number of nitrogens with one attached hydrogen (secondary N) is 1. The topological polar surface area (TPSA) is 75.5 Å². The molecule has 1 saturated heterocycles. The van der Waals surface area contributed by atoms with Crippen LogP contribution < -0.4 is 5.32 Å². The van der Waals surface area contributed by atoms with Crippen LogP contribution in [0.25, 0.3) is 0 Å². The Morgan fingerprint density at radius 2 is 2.17 bits per heavy atom. The van der Waals surface area contributed by atoms with Gasteiger partial charge in [-0.25, -0.2) is 0 Å². The standard InChI is InChI=1S/C14H16F3N3O3/c1-2-13(21)19-6-5-10(8-19)18-9-3-4-12(20(22)23)11(7-9)14(15,16)17/h3-4,7,10,18H,2,5-6,8H2,1H3. The van der Waals surface area contributed by atoms with Crippen LogP contribution in [-0.4, -0.2) is 34.9 Å². The minimum Gasteiger partial charge on any atom is -0.380 e. The molecular weight excluding hydrogens is 315 g/mol. The largest absolute Gasteiger partial charge is 0.423 e. The Bertz CT molecular complexity index is 619. The summed E-state index contributed by atoms with van der Waals surface area (Å²) in [6.07, 6.45) is -3.81. The Morgan fingerprint density at radius 1 is 1.48 bits per heavy atom. The Labute approximate surface area is 130 Å². The molecule has 2 rings (SSSR count). The van der Waals surface area contributed by atoms with Gasteiger partial charge in [0.25, 0.3) is 5.69 Å². The van der Waals surface area contributed by atoms with Gasteiger partial charge in [-0.05, 0) is 18.6 Å². The average Bonchev–Trinajstić information content (AvgIpc) is 2.93. The lowest BCUT2D eigenvalue weighted by Crippen LogP contribution is -2.31. The molecule has 23 heavy (non-hydrogen) atoms. The number of carbonyl (C=O) groups is 1. The van der Waals surface area contributed by atoms with Crippen LogP contribution in [0.5, 0.6) is 0 Å². The Hall–Kier alpha value is -2.32. The van der Waals surface area contributed by atoms with E-state index in [1.54, 1.807) is 11.8 Å². The van der Waals surface area contributed by atoms with Crippen LogP contribution in [0.15, 0.2) is 18.2 Å². The quantitative estimate of drug-likeness (QED) is 0.680. The van der Waals surface area contributed by atoms with Gasteiger partial charge in [0.1, 0.15) is 5.56 Å². The molecule has 0 aliphatic carbocycles. The maximum Gasteiger partial charge on any atom is 0.423 e. The number of rotatable bonds is 4. The van der Waals surface area contributed by atoms with Crippen LogP contribution >= 0.6 is 0 Å². The van der Waals surface area contributed by atoms with Gasteiger partial charge < -0.3 is 10.2 Å². The molecule has 0 radical (unpaired) electrons. The van der Waals surface area contributed by atoms with Gasteiger partial charge in [0.2, 0.25) is 5.91 Å². The minimum atomic E-state index is -4.81. The second-order valence-electron chi connectivity index (χ2n) is 5.31. The number of hydrogen-bond donors (Lipinski definition) is 1. The molecule has 1 aromatic carbocycles. The molecule has 0 spiro atoms. The number of carbonyl (C=O) groups excluding carboxylic acids is 1. The first-order valence-corrected chi connectivity index (χ1v) is 7.12. The highest BCUT2D eigenvalue weighted by molar-refractivity contribution is 5.76. The summed E-state index contributed by atoms with van der Waals surface area (Å²) in [6.45, 7) is 2.70. The second-order valence-corrected chi connectivity index (χ2v) is 5.31. The van der Waals surface area contributed by atoms with E-state index in [1.807, 2.05) is 0 Å². The van der Waals surface area contributed by atoms with Crippen LogP contribution in [0.3, 0.4) is 0 Å². The van der Waals surface area contributed by atoms with E-state index in [0.29, 0.717) is 25.9 Å². The molecule has 6 nitrogen and oxygen atoms in total. The van der Waals surface area contributed by atoms with E-state index in [4.69, 9.17) is 0 Å². The molecule has 1 N–H and O–H groups in total. The Morgan fingerprint density at radius 3 is 2.74 bits per heavy atom. The number of benzene rings is 1. The summed E-state index contributed by atoms with van der Waals surface area (Å²) in [4.78, 5) is 22.9. The number of likely N-dealkylation sites (tertiary alicyclic amines) is 1. The van der Waals surface area contributed by atoms with E-state index in [2.05, 4.69) is 5.32 Å². The molecule has 1 fully saturated rings. The van der Waals surface area contributed by atoms with Crippen molar-refractivity contribution < 1.29 is 22.9 Å². The molecule has 9 heteroatoms. The fraction of sp³-hybridized carbons (Fsp3) is 0.500. The number of alkyl halides is 3. The lowest BCUT2D eigenvalue weighted by Gasteiger charge is -2.18. The summed E-state index contributed by atoms with van der Waals surface area (Å²) in [5, 5.41) is 13.6. The zero-order valence-corrected chi connectivity index (χ0v) is 12.4. The van der Waals surface area contributed by atoms with Crippen molar-refractivity contribution in [1.82, 2.24) is 4.90 Å². The van der Waals surface area contributed by atoms with Gasteiger partial charge in [-0.2, -0.15) is 13.2 Å². The van der Waals surface area contributed by atoms with Crippen molar-refractivity contribution in [3.8, 4) is 0 Å². The van der Waals surface area contributed by atoms with Gasteiger partial charge >= 0.3 is 6.18 Å². The van der Waals surface area contributed by atoms with Crippen LogP contribution in [-0.2, 0) is 11.0 Å². The van der Waals surface area contributed by atoms with E-state index in [1.165, 1.54) is 6.07 Å². The van der Waals surface area contributed by atoms with Gasteiger partial charge in [-0.15, -0.1) is 0 Å². The Kier molecular flexibility index (Phi) is 4.76. The predicted octanol–water partition coefficient (Wildman–Crippen LogP) is 3.04. The lowest BCUT2D eigenvalue weighted by molar-refractivity contribution is -0.388. The van der Waals surface area contributed by atoms with Gasteiger partial charge in [0.05, 0.1) is 4.92 Å². The summed E-state index contributed by atoms with van der Waals surface area (Å²) < 4.78 is 38.8. The van der Waals surface area contributed by atoms with Crippen molar-refractivity contribution in [2.24, 2.45) is 0 Å². The zero-order chi connectivity index (χ0) is 17.2. The fourth-order valence-electron chi connectivity index (χ4n) is 2.58. The molecule has 1 aliphatic rings. The maximum atomic E-state index is 12.9. The number of amides is 1. The van der Waals surface area contributed by atoms with Gasteiger partial charge in [-0.3, -0.25) is 14.9 Å². The number of nitro groups is 1. The predicted molar refractivity (Wildman–Crippen MR) is 77.0 cm³/mol. The van der Waals surface area contributed by atoms with Crippen molar-refractivity contribution in [3.63, 3.8) is 0 Å². The fourth-order valence-corrected chi connectivity index (χ4v) is 2.58. The molecule has 1 atom stereocenters. The van der Waals surface area contributed by atoms with E-state index in [0.717, 1.165) is 12.1 Å². The van der Waals surface area contributed by atoms with E-state index in [9.17, 15) is 28.1 Å². The minimum absolute atomic E-state index is 0.00557. The molecule has 0 bridgehead atoms. The maximum absolute atomic E-state index is 12.9. The SMILES string of the molecule is CCC(=O)N1CCC(Nc2ccc([N+](=O)[O-])c(C(F)(F)F)c2)C1. The van der Waals surface area contributed by atoms with E-state index < -0.39 is 22.4 Å². The molecule has 126 valence electrons. The number of hydrogen-bond acceptors (Lipinski definition) is 4. The molecule has 1 amide bonds. The normalized spacial score (nSPS) is 18.1. The molecular formula is C14H16F3N3O3. The molecule has 0 aromatic heterocycles. The van der Waals surface area contributed by atoms with Crippen molar-refractivity contribution in [1.29, 1.82) is 0 Å². The van der Waals surface area contributed by atoms with Crippen molar-refractivity contribution >= 4 is 17.3 Å². The molecule has 1 heterocycles. The summed E-state index contributed by atoms with van der Waals surface area (Å²) in [5.74, 6) is -0.00557. The van der Waals surface area contributed by atoms with Crippen LogP contribution in [0.4, 0.5) is 24.5 Å². The highest BCUT2D eigenvalue weighted by Gasteiger charge is 2.38. The first-order valence-electron chi connectivity index (χ1n) is 7.12. The highest BCUT2D eigenvalue weighted by Crippen LogP contribution is 2.37. The second kappa shape index (κ2) is 6.43. The molecule has 1 unspecified atom stereocenters. The van der Waals surface area contributed by atoms with E-state index in [-0.39, 0.29) is 17.6 Å². The molecule has 0 saturated carbocycles. The van der Waals surface area contributed by atoms with Crippen LogP contribution in [0.2, 0.25) is 0 Å². The number of halogens is 3. The first-order chi connectivity index (χ1) is 10.7. The molecule has 1 aromatic rings. The van der Waals surface area contributed by atoms with Gasteiger partial charge in [0.15, 0.2) is 0 Å². The third-order valence-corrected chi connectivity index (χ3v) is 3.71. The smallest absolute Gasteiger partial charge is 0.380 e. The summed E-state index contributed by atoms with van der Waals surface area (Å²) in [5.41, 5.74) is -2.11. The van der Waals surface area contributed by atoms with Crippen molar-refractivity contribution in [3.05, 3.63) is 33.9 Å². The summed E-state index contributed by atoms with van der Waals surface area (Å²) >= 11 is 0. The Balaban J connectivity index is 2.16. The third-order valence-electron chi connectivity index (χ3n) is 3.71. The zero-order valence-electron chi connectivity index (χ0n) is 12.4. The van der Waals surface area contributed by atoms with Crippen molar-refractivity contribution in [2.45, 2.75) is 32.0 Å².